The van der Waals surface area contributed by atoms with Gasteiger partial charge in [0.1, 0.15) is 36.3 Å². The van der Waals surface area contributed by atoms with Gasteiger partial charge in [0.2, 0.25) is 0 Å². The van der Waals surface area contributed by atoms with E-state index in [9.17, 15) is 17.9 Å². The number of phosphoric ester groups is 1. The molecule has 43 heavy (non-hydrogen) atoms. The molecule has 0 bridgehead atoms. The Bertz CT molecular complexity index is 1860. The van der Waals surface area contributed by atoms with Crippen molar-refractivity contribution in [2.75, 3.05) is 24.6 Å². The largest absolute Gasteiger partial charge is 0.472 e. The number of alkyl halides is 1. The quantitative estimate of drug-likeness (QED) is 0.205. The summed E-state index contributed by atoms with van der Waals surface area (Å²) in [6.45, 7) is -1.25. The van der Waals surface area contributed by atoms with Crippen LogP contribution < -0.4 is 16.2 Å². The fourth-order valence-corrected chi connectivity index (χ4v) is 7.20. The van der Waals surface area contributed by atoms with Crippen molar-refractivity contribution >= 4 is 51.8 Å². The summed E-state index contributed by atoms with van der Waals surface area (Å²) in [4.78, 5) is 26.8. The summed E-state index contributed by atoms with van der Waals surface area (Å²) in [5.74, 6) is 0.0363. The zero-order valence-corrected chi connectivity index (χ0v) is 23.5. The van der Waals surface area contributed by atoms with Crippen LogP contribution in [0.15, 0.2) is 31.1 Å². The van der Waals surface area contributed by atoms with Crippen LogP contribution in [0.2, 0.25) is 0 Å². The molecule has 8 atom stereocenters. The zero-order chi connectivity index (χ0) is 30.1. The van der Waals surface area contributed by atoms with Crippen molar-refractivity contribution in [1.29, 1.82) is 0 Å². The third kappa shape index (κ3) is 5.11. The van der Waals surface area contributed by atoms with E-state index >= 15 is 4.39 Å². The van der Waals surface area contributed by atoms with E-state index in [-0.39, 0.29) is 23.4 Å². The van der Waals surface area contributed by atoms with Crippen molar-refractivity contribution in [3.05, 3.63) is 31.1 Å². The molecule has 3 aliphatic heterocycles. The first-order valence-electron chi connectivity index (χ1n) is 12.8. The molecule has 22 heteroatoms. The Morgan fingerprint density at radius 2 is 1.95 bits per heavy atom. The zero-order valence-electron chi connectivity index (χ0n) is 21.8. The number of fused-ring (bicyclic) bond motifs is 4. The Kier molecular flexibility index (Phi) is 6.83. The number of halogens is 1. The van der Waals surface area contributed by atoms with Crippen molar-refractivity contribution < 1.29 is 45.0 Å². The van der Waals surface area contributed by atoms with Gasteiger partial charge in [-0.15, -0.1) is 0 Å². The average Bonchev–Trinajstić information content (AvgIpc) is 3.72. The third-order valence-corrected chi connectivity index (χ3v) is 9.29. The number of nitrogens with one attached hydrogen (secondary N) is 1. The van der Waals surface area contributed by atoms with Crippen LogP contribution in [0.5, 0.6) is 0 Å². The smallest absolute Gasteiger partial charge is 0.398 e. The Labute approximate surface area is 241 Å². The SMILES string of the molecule is Nc1ccnc2c1cnn2[C@H]1C[C@@H]2OS(=O)(=O)NC[C@H]3O[C@@H](n4cnc5c(N)ncnc54)[C@H](F)[C@@H]3OP(=O)(O)OC[C@H]2O1. The van der Waals surface area contributed by atoms with Gasteiger partial charge in [-0.3, -0.25) is 17.8 Å². The van der Waals surface area contributed by atoms with Gasteiger partial charge in [-0.2, -0.15) is 18.2 Å². The molecule has 6 N–H and O–H groups in total. The number of ether oxygens (including phenoxy) is 2. The second kappa shape index (κ2) is 10.4. The second-order valence-corrected chi connectivity index (χ2v) is 12.8. The van der Waals surface area contributed by atoms with Crippen LogP contribution in [0.1, 0.15) is 18.9 Å². The lowest BCUT2D eigenvalue weighted by molar-refractivity contribution is -0.0500. The molecule has 4 aromatic rings. The molecule has 7 rings (SSSR count). The first-order chi connectivity index (χ1) is 20.5. The fourth-order valence-electron chi connectivity index (χ4n) is 5.27. The Hall–Kier alpha value is -3.40. The molecule has 230 valence electrons. The summed E-state index contributed by atoms with van der Waals surface area (Å²) in [6, 6.07) is 1.59. The molecule has 4 aromatic heterocycles. The first kappa shape index (κ1) is 28.4. The van der Waals surface area contributed by atoms with Crippen LogP contribution >= 0.6 is 7.82 Å². The maximum atomic E-state index is 15.8. The monoisotopic (exact) mass is 642 g/mol. The maximum absolute atomic E-state index is 15.8. The third-order valence-electron chi connectivity index (χ3n) is 7.28. The number of imidazole rings is 1. The highest BCUT2D eigenvalue weighted by atomic mass is 32.2. The molecular formula is C21H24FN10O9PS. The summed E-state index contributed by atoms with van der Waals surface area (Å²) < 4.78 is 87.0. The normalized spacial score (nSPS) is 34.9. The van der Waals surface area contributed by atoms with Gasteiger partial charge in [0.15, 0.2) is 35.7 Å². The predicted molar refractivity (Wildman–Crippen MR) is 141 cm³/mol. The lowest BCUT2D eigenvalue weighted by atomic mass is 10.1. The van der Waals surface area contributed by atoms with E-state index in [1.54, 1.807) is 6.07 Å². The highest BCUT2D eigenvalue weighted by Crippen LogP contribution is 2.50. The molecule has 0 spiro atoms. The van der Waals surface area contributed by atoms with E-state index in [0.29, 0.717) is 16.7 Å². The summed E-state index contributed by atoms with van der Waals surface area (Å²) in [6.07, 6.45) is -4.80. The van der Waals surface area contributed by atoms with Gasteiger partial charge in [0.25, 0.3) is 0 Å². The van der Waals surface area contributed by atoms with Crippen LogP contribution in [0.3, 0.4) is 0 Å². The van der Waals surface area contributed by atoms with Crippen molar-refractivity contribution in [1.82, 2.24) is 39.0 Å². The summed E-state index contributed by atoms with van der Waals surface area (Å²) in [5.41, 5.74) is 12.9. The molecule has 19 nitrogen and oxygen atoms in total. The highest BCUT2D eigenvalue weighted by molar-refractivity contribution is 7.84. The van der Waals surface area contributed by atoms with Crippen molar-refractivity contribution in [2.24, 2.45) is 0 Å². The standard InChI is InChI=1S/C21H24FN10O9PS/c22-15-17-12(39-21(15)31-8-28-16-18(24)26-7-27-20(16)31)5-30-43(35,36)41-11-3-14(38-13(11)6-37-42(33,34)40-17)32-19-9(4-29-32)10(23)1-2-25-19/h1-2,4,7-8,11-15,17,21,30H,3,5-6H2,(H2,23,25)(H,33,34)(H2,24,26,27)/t11-,12+,13+,14+,15+,17+,21+/m0/s1. The predicted octanol–water partition coefficient (Wildman–Crippen LogP) is -0.306. The number of nitrogens with two attached hydrogens (primary N) is 2. The lowest BCUT2D eigenvalue weighted by Gasteiger charge is -2.25. The van der Waals surface area contributed by atoms with E-state index in [2.05, 4.69) is 29.8 Å². The summed E-state index contributed by atoms with van der Waals surface area (Å²) in [5, 5.41) is 4.80. The van der Waals surface area contributed by atoms with E-state index < -0.39 is 74.3 Å². The molecule has 0 radical (unpaired) electrons. The minimum Gasteiger partial charge on any atom is -0.398 e. The van der Waals surface area contributed by atoms with E-state index in [1.165, 1.54) is 28.0 Å². The molecule has 3 aliphatic rings. The molecule has 7 heterocycles. The molecule has 3 fully saturated rings. The Morgan fingerprint density at radius 1 is 1.12 bits per heavy atom. The molecule has 1 unspecified atom stereocenters. The number of rotatable bonds is 2. The van der Waals surface area contributed by atoms with Crippen molar-refractivity contribution in [2.45, 2.75) is 49.5 Å². The van der Waals surface area contributed by atoms with Crippen LogP contribution in [0.25, 0.3) is 22.2 Å². The number of phosphoric acid groups is 1. The van der Waals surface area contributed by atoms with Gasteiger partial charge in [0.05, 0.1) is 24.5 Å². The van der Waals surface area contributed by atoms with Crippen LogP contribution in [-0.2, 0) is 37.6 Å². The summed E-state index contributed by atoms with van der Waals surface area (Å²) >= 11 is 0. The summed E-state index contributed by atoms with van der Waals surface area (Å²) in [7, 11) is -9.47. The van der Waals surface area contributed by atoms with Gasteiger partial charge in [-0.25, -0.2) is 33.6 Å². The molecule has 3 saturated heterocycles. The minimum atomic E-state index is -4.97. The molecule has 0 aliphatic carbocycles. The second-order valence-electron chi connectivity index (χ2n) is 9.96. The lowest BCUT2D eigenvalue weighted by Crippen LogP contribution is -2.43. The fraction of sp³-hybridized carbons (Fsp3) is 0.476. The topological polar surface area (TPSA) is 256 Å². The van der Waals surface area contributed by atoms with E-state index in [1.807, 2.05) is 0 Å². The maximum Gasteiger partial charge on any atom is 0.472 e. The minimum absolute atomic E-state index is 0.0363. The Morgan fingerprint density at radius 3 is 2.79 bits per heavy atom. The number of anilines is 2. The molecule has 0 saturated carbocycles. The van der Waals surface area contributed by atoms with Crippen LogP contribution in [0.4, 0.5) is 15.9 Å². The number of nitrogens with zero attached hydrogens (tertiary/aromatic N) is 7. The van der Waals surface area contributed by atoms with Gasteiger partial charge >= 0.3 is 18.1 Å². The van der Waals surface area contributed by atoms with Gasteiger partial charge in [-0.1, -0.05) is 0 Å². The Balaban J connectivity index is 1.15. The number of pyridine rings is 1. The number of aromatic nitrogens is 7. The molecule has 0 amide bonds. The molecular weight excluding hydrogens is 618 g/mol. The van der Waals surface area contributed by atoms with Crippen LogP contribution in [-0.4, -0.2) is 91.3 Å². The van der Waals surface area contributed by atoms with Gasteiger partial charge < -0.3 is 25.8 Å². The number of hydrogen-bond acceptors (Lipinski definition) is 15. The van der Waals surface area contributed by atoms with Crippen molar-refractivity contribution in [3.8, 4) is 0 Å². The van der Waals surface area contributed by atoms with Gasteiger partial charge in [-0.05, 0) is 6.07 Å². The van der Waals surface area contributed by atoms with E-state index in [4.69, 9.17) is 34.2 Å². The molecule has 0 aromatic carbocycles. The average molecular weight is 643 g/mol. The highest BCUT2D eigenvalue weighted by Gasteiger charge is 2.52. The van der Waals surface area contributed by atoms with Crippen molar-refractivity contribution in [3.63, 3.8) is 0 Å². The number of hydrogen-bond donors (Lipinski definition) is 4. The van der Waals surface area contributed by atoms with Crippen LogP contribution in [0, 0.1) is 0 Å². The first-order valence-corrected chi connectivity index (χ1v) is 15.7. The van der Waals surface area contributed by atoms with Gasteiger partial charge in [0, 0.05) is 24.8 Å². The van der Waals surface area contributed by atoms with E-state index in [0.717, 1.165) is 6.33 Å². The number of nitrogen functional groups attached to an aromatic ring is 2.